The number of para-hydroxylation sites is 1. The highest BCUT2D eigenvalue weighted by Gasteiger charge is 2.69. The molecule has 1 saturated heterocycles. The molecule has 3 heterocycles. The molecule has 2 N–H and O–H groups in total. The maximum absolute atomic E-state index is 14.0. The summed E-state index contributed by atoms with van der Waals surface area (Å²) >= 11 is 8.93. The predicted octanol–water partition coefficient (Wildman–Crippen LogP) is 6.10. The van der Waals surface area contributed by atoms with Gasteiger partial charge in [-0.3, -0.25) is 24.1 Å². The first-order chi connectivity index (χ1) is 22.7. The van der Waals surface area contributed by atoms with Gasteiger partial charge in [0, 0.05) is 26.8 Å². The Morgan fingerprint density at radius 3 is 2.49 bits per heavy atom. The van der Waals surface area contributed by atoms with Crippen LogP contribution in [0.25, 0.3) is 0 Å². The number of methoxy groups -OCH3 is 1. The molecule has 4 aromatic rings. The molecule has 4 aliphatic rings. The smallest absolute Gasteiger partial charge is 0.305 e. The molecule has 2 saturated carbocycles. The summed E-state index contributed by atoms with van der Waals surface area (Å²) in [6.45, 7) is 1.72. The number of aromatic nitrogens is 1. The minimum Gasteiger partial charge on any atom is -0.493 e. The van der Waals surface area contributed by atoms with Crippen molar-refractivity contribution in [3.63, 3.8) is 0 Å². The summed E-state index contributed by atoms with van der Waals surface area (Å²) < 4.78 is 11.6. The van der Waals surface area contributed by atoms with Crippen molar-refractivity contribution in [2.75, 3.05) is 23.9 Å². The Labute approximate surface area is 283 Å². The van der Waals surface area contributed by atoms with Gasteiger partial charge in [-0.15, -0.1) is 11.8 Å². The summed E-state index contributed by atoms with van der Waals surface area (Å²) in [6.07, 6.45) is 0.785. The van der Waals surface area contributed by atoms with Crippen LogP contribution in [-0.4, -0.2) is 41.7 Å². The van der Waals surface area contributed by atoms with Gasteiger partial charge in [0.15, 0.2) is 18.1 Å². The molecule has 12 heteroatoms. The van der Waals surface area contributed by atoms with E-state index in [0.29, 0.717) is 22.2 Å². The van der Waals surface area contributed by atoms with Gasteiger partial charge in [0.05, 0.1) is 29.7 Å². The van der Waals surface area contributed by atoms with Crippen LogP contribution in [0.2, 0.25) is 5.02 Å². The second kappa shape index (κ2) is 11.6. The van der Waals surface area contributed by atoms with Gasteiger partial charge >= 0.3 is 4.87 Å². The molecule has 3 fully saturated rings. The van der Waals surface area contributed by atoms with Crippen molar-refractivity contribution >= 4 is 63.8 Å². The number of aryl methyl sites for hydroxylation is 1. The number of rotatable bonds is 7. The maximum atomic E-state index is 14.0. The van der Waals surface area contributed by atoms with Crippen molar-refractivity contribution in [2.24, 2.45) is 29.6 Å². The minimum absolute atomic E-state index is 0.00377. The van der Waals surface area contributed by atoms with Crippen molar-refractivity contribution in [1.29, 1.82) is 0 Å². The van der Waals surface area contributed by atoms with Crippen molar-refractivity contribution in [1.82, 2.24) is 4.98 Å². The van der Waals surface area contributed by atoms with Gasteiger partial charge in [0.2, 0.25) is 11.8 Å². The van der Waals surface area contributed by atoms with E-state index in [-0.39, 0.29) is 64.0 Å². The van der Waals surface area contributed by atoms with E-state index >= 15 is 0 Å². The molecule has 240 valence electrons. The molecule has 1 aromatic heterocycles. The third kappa shape index (κ3) is 4.89. The van der Waals surface area contributed by atoms with Gasteiger partial charge in [-0.05, 0) is 84.7 Å². The molecular formula is C35H30ClN3O6S2. The zero-order valence-electron chi connectivity index (χ0n) is 25.4. The number of aromatic amines is 1. The molecule has 9 nitrogen and oxygen atoms in total. The first-order valence-electron chi connectivity index (χ1n) is 15.4. The number of ether oxygens (including phenoxy) is 2. The molecule has 2 aliphatic carbocycles. The van der Waals surface area contributed by atoms with E-state index in [0.717, 1.165) is 33.1 Å². The van der Waals surface area contributed by atoms with Gasteiger partial charge in [-0.25, -0.2) is 0 Å². The van der Waals surface area contributed by atoms with Crippen LogP contribution in [0.4, 0.5) is 11.4 Å². The first-order valence-corrected chi connectivity index (χ1v) is 17.5. The largest absolute Gasteiger partial charge is 0.493 e. The number of carbonyl (C=O) groups is 3. The number of halogens is 1. The normalized spacial score (nSPS) is 27.0. The Kier molecular flexibility index (Phi) is 7.46. The molecule has 0 spiro atoms. The van der Waals surface area contributed by atoms with Crippen LogP contribution < -0.4 is 24.6 Å². The van der Waals surface area contributed by atoms with Crippen LogP contribution in [0.3, 0.4) is 0 Å². The van der Waals surface area contributed by atoms with E-state index in [1.807, 2.05) is 43.3 Å². The van der Waals surface area contributed by atoms with E-state index in [2.05, 4.69) is 10.3 Å². The number of benzene rings is 3. The zero-order chi connectivity index (χ0) is 32.6. The zero-order valence-corrected chi connectivity index (χ0v) is 27.8. The monoisotopic (exact) mass is 687 g/mol. The van der Waals surface area contributed by atoms with E-state index < -0.39 is 5.92 Å². The second-order valence-electron chi connectivity index (χ2n) is 12.5. The Balaban J connectivity index is 1.09. The number of imide groups is 1. The van der Waals surface area contributed by atoms with Gasteiger partial charge in [-0.1, -0.05) is 47.2 Å². The van der Waals surface area contributed by atoms with Crippen LogP contribution in [-0.2, 0) is 14.4 Å². The number of thiazole rings is 1. The quantitative estimate of drug-likeness (QED) is 0.226. The summed E-state index contributed by atoms with van der Waals surface area (Å²) in [7, 11) is 1.55. The number of thioether (sulfide) groups is 1. The molecule has 6 unspecified atom stereocenters. The van der Waals surface area contributed by atoms with Crippen LogP contribution in [0, 0.1) is 36.5 Å². The topological polar surface area (TPSA) is 118 Å². The number of anilines is 2. The molecule has 47 heavy (non-hydrogen) atoms. The molecule has 8 rings (SSSR count). The van der Waals surface area contributed by atoms with Gasteiger partial charge in [-0.2, -0.15) is 0 Å². The number of H-pyrrole nitrogens is 1. The Morgan fingerprint density at radius 1 is 1.00 bits per heavy atom. The number of amides is 3. The average Bonchev–Trinajstić information content (AvgIpc) is 3.80. The van der Waals surface area contributed by atoms with Crippen LogP contribution in [0.15, 0.2) is 76.6 Å². The summed E-state index contributed by atoms with van der Waals surface area (Å²) in [5, 5.41) is 4.30. The lowest BCUT2D eigenvalue weighted by atomic mass is 9.68. The van der Waals surface area contributed by atoms with E-state index in [9.17, 15) is 19.2 Å². The number of nitrogens with zero attached hydrogens (tertiary/aromatic N) is 1. The number of hydrogen-bond acceptors (Lipinski definition) is 8. The average molecular weight is 688 g/mol. The Bertz CT molecular complexity index is 1990. The Morgan fingerprint density at radius 2 is 1.74 bits per heavy atom. The third-order valence-corrected chi connectivity index (χ3v) is 13.0. The minimum atomic E-state index is -0.416. The van der Waals surface area contributed by atoms with Gasteiger partial charge < -0.3 is 19.8 Å². The number of hydrogen-bond donors (Lipinski definition) is 2. The fraction of sp³-hybridized carbons (Fsp3) is 0.314. The van der Waals surface area contributed by atoms with Crippen LogP contribution in [0.5, 0.6) is 11.5 Å². The van der Waals surface area contributed by atoms with Crippen molar-refractivity contribution < 1.29 is 23.9 Å². The van der Waals surface area contributed by atoms with E-state index in [1.54, 1.807) is 49.2 Å². The number of carbonyl (C=O) groups excluding carboxylic acids is 3. The molecule has 3 amide bonds. The summed E-state index contributed by atoms with van der Waals surface area (Å²) in [5.41, 5.74) is 3.15. The fourth-order valence-corrected chi connectivity index (χ4v) is 11.3. The lowest BCUT2D eigenvalue weighted by Crippen LogP contribution is -2.42. The molecular weight excluding hydrogens is 658 g/mol. The molecule has 0 radical (unpaired) electrons. The summed E-state index contributed by atoms with van der Waals surface area (Å²) in [4.78, 5) is 58.4. The number of nitrogens with one attached hydrogen (secondary N) is 2. The van der Waals surface area contributed by atoms with E-state index in [4.69, 9.17) is 21.1 Å². The highest BCUT2D eigenvalue weighted by molar-refractivity contribution is 8.00. The van der Waals surface area contributed by atoms with Crippen molar-refractivity contribution in [3.05, 3.63) is 97.4 Å². The second-order valence-corrected chi connectivity index (χ2v) is 15.2. The molecule has 2 bridgehead atoms. The van der Waals surface area contributed by atoms with Gasteiger partial charge in [0.25, 0.3) is 5.91 Å². The summed E-state index contributed by atoms with van der Waals surface area (Å²) in [5.74, 6) is -0.695. The van der Waals surface area contributed by atoms with Crippen molar-refractivity contribution in [2.45, 2.75) is 29.5 Å². The fourth-order valence-electron chi connectivity index (χ4n) is 8.27. The summed E-state index contributed by atoms with van der Waals surface area (Å²) in [6, 6.07) is 20.0. The molecule has 2 aliphatic heterocycles. The van der Waals surface area contributed by atoms with Crippen molar-refractivity contribution in [3.8, 4) is 11.5 Å². The number of fused-ring (bicyclic) bond motifs is 9. The first kappa shape index (κ1) is 30.3. The van der Waals surface area contributed by atoms with E-state index in [1.165, 1.54) is 16.2 Å². The lowest BCUT2D eigenvalue weighted by Gasteiger charge is -2.43. The highest BCUT2D eigenvalue weighted by Crippen LogP contribution is 2.68. The van der Waals surface area contributed by atoms with Crippen LogP contribution in [0.1, 0.15) is 28.3 Å². The molecule has 7 atom stereocenters. The highest BCUT2D eigenvalue weighted by atomic mass is 35.5. The lowest BCUT2D eigenvalue weighted by molar-refractivity contribution is -0.123. The van der Waals surface area contributed by atoms with Crippen LogP contribution >= 0.6 is 34.7 Å². The van der Waals surface area contributed by atoms with Gasteiger partial charge in [0.1, 0.15) is 0 Å². The third-order valence-electron chi connectivity index (χ3n) is 10.1. The maximum Gasteiger partial charge on any atom is 0.305 e. The standard InChI is InChI=1S/C35H30ClN3O6S2/c1-16-5-3-4-6-22(16)37-25(40)15-45-23-12-7-17(13-24(23)44-2)26-27-20-14-21(30(27)46-32-31(26)47-35(43)38-32)29-28(20)33(41)39(34(29)42)19-10-8-18(36)9-11-19/h3-13,20-21,26-30H,14-15H2,1-2H3,(H,37,40)(H,38,43)/t20?,21?,26-,27?,28?,29?,30?/m1/s1. The predicted molar refractivity (Wildman–Crippen MR) is 181 cm³/mol. The Hall–Kier alpha value is -4.06. The molecule has 3 aromatic carbocycles. The SMILES string of the molecule is COc1cc([C@H]2c3sc(=O)[nH]c3SC3C4CC(C5C(=O)N(c6ccc(Cl)cc6)C(=O)C45)C32)ccc1OCC(=O)Nc1ccccc1C.